The lowest BCUT2D eigenvalue weighted by Crippen LogP contribution is -2.37. The molecule has 0 aliphatic carbocycles. The number of amides is 1. The van der Waals surface area contributed by atoms with Crippen LogP contribution in [0.25, 0.3) is 0 Å². The molecule has 0 spiro atoms. The Morgan fingerprint density at radius 3 is 2.80 bits per heavy atom. The van der Waals surface area contributed by atoms with Crippen LogP contribution < -0.4 is 5.73 Å². The van der Waals surface area contributed by atoms with E-state index in [4.69, 9.17) is 33.7 Å². The molecule has 2 rings (SSSR count). The van der Waals surface area contributed by atoms with Crippen molar-refractivity contribution in [2.24, 2.45) is 5.73 Å². The highest BCUT2D eigenvalue weighted by Gasteiger charge is 2.30. The summed E-state index contributed by atoms with van der Waals surface area (Å²) >= 11 is 11.9. The van der Waals surface area contributed by atoms with Crippen LogP contribution in [0.5, 0.6) is 0 Å². The van der Waals surface area contributed by atoms with Crippen molar-refractivity contribution in [1.29, 1.82) is 0 Å². The van der Waals surface area contributed by atoms with Crippen LogP contribution in [0.15, 0.2) is 18.2 Å². The van der Waals surface area contributed by atoms with Gasteiger partial charge in [-0.15, -0.1) is 0 Å². The summed E-state index contributed by atoms with van der Waals surface area (Å²) in [6.45, 7) is 1.32. The second-order valence-corrected chi connectivity index (χ2v) is 5.47. The molecule has 3 N–H and O–H groups in total. The van der Waals surface area contributed by atoms with Crippen LogP contribution >= 0.6 is 23.2 Å². The fourth-order valence-electron chi connectivity index (χ4n) is 2.35. The van der Waals surface area contributed by atoms with Crippen molar-refractivity contribution in [2.75, 3.05) is 26.2 Å². The van der Waals surface area contributed by atoms with Crippen molar-refractivity contribution in [3.63, 3.8) is 0 Å². The molecule has 1 fully saturated rings. The van der Waals surface area contributed by atoms with Crippen LogP contribution in [0.2, 0.25) is 10.0 Å². The molecule has 20 heavy (non-hydrogen) atoms. The van der Waals surface area contributed by atoms with Gasteiger partial charge in [-0.2, -0.15) is 0 Å². The molecule has 0 radical (unpaired) electrons. The molecule has 110 valence electrons. The van der Waals surface area contributed by atoms with Gasteiger partial charge in [0, 0.05) is 25.6 Å². The third-order valence-electron chi connectivity index (χ3n) is 3.43. The first-order valence-electron chi connectivity index (χ1n) is 6.27. The molecule has 1 heterocycles. The van der Waals surface area contributed by atoms with Crippen molar-refractivity contribution in [3.05, 3.63) is 33.8 Å². The third kappa shape index (κ3) is 3.35. The zero-order valence-electron chi connectivity index (χ0n) is 10.8. The molecule has 2 atom stereocenters. The van der Waals surface area contributed by atoms with E-state index in [1.54, 1.807) is 12.1 Å². The van der Waals surface area contributed by atoms with Crippen molar-refractivity contribution >= 4 is 29.3 Å². The van der Waals surface area contributed by atoms with E-state index in [1.807, 2.05) is 6.07 Å². The molecule has 1 saturated heterocycles. The normalized spacial score (nSPS) is 23.4. The molecular weight excluding hydrogens is 303 g/mol. The molecule has 1 amide bonds. The number of nitrogens with zero attached hydrogens (tertiary/aromatic N) is 1. The molecule has 0 saturated carbocycles. The minimum atomic E-state index is -0.962. The maximum absolute atomic E-state index is 11.2. The fourth-order valence-corrected chi connectivity index (χ4v) is 2.65. The molecule has 5 nitrogen and oxygen atoms in total. The molecule has 1 aromatic carbocycles. The number of halogens is 2. The molecule has 0 bridgehead atoms. The van der Waals surface area contributed by atoms with Gasteiger partial charge in [0.1, 0.15) is 0 Å². The standard InChI is InChI=1S/C13H16Cl2N2O3/c14-10-2-1-8(5-11(10)15)9-7-17(13(18)19)3-4-20-12(9)6-16/h1-2,5,9,12H,3-4,6-7,16H2,(H,18,19)/t9-,12-/m0/s1. The first kappa shape index (κ1) is 15.4. The van der Waals surface area contributed by atoms with Crippen LogP contribution in [0.4, 0.5) is 4.79 Å². The average Bonchev–Trinajstić information content (AvgIpc) is 2.64. The number of hydrogen-bond acceptors (Lipinski definition) is 3. The van der Waals surface area contributed by atoms with E-state index in [1.165, 1.54) is 4.90 Å². The summed E-state index contributed by atoms with van der Waals surface area (Å²) in [6.07, 6.45) is -1.20. The predicted molar refractivity (Wildman–Crippen MR) is 77.6 cm³/mol. The van der Waals surface area contributed by atoms with E-state index in [0.717, 1.165) is 5.56 Å². The van der Waals surface area contributed by atoms with Gasteiger partial charge >= 0.3 is 6.09 Å². The fraction of sp³-hybridized carbons (Fsp3) is 0.462. The predicted octanol–water partition coefficient (Wildman–Crippen LogP) is 2.41. The highest BCUT2D eigenvalue weighted by Crippen LogP contribution is 2.30. The largest absolute Gasteiger partial charge is 0.465 e. The Kier molecular flexibility index (Phi) is 5.10. The summed E-state index contributed by atoms with van der Waals surface area (Å²) in [5.41, 5.74) is 6.62. The summed E-state index contributed by atoms with van der Waals surface area (Å²) in [5, 5.41) is 10.1. The zero-order chi connectivity index (χ0) is 14.7. The Labute approximate surface area is 127 Å². The van der Waals surface area contributed by atoms with E-state index in [0.29, 0.717) is 36.3 Å². The van der Waals surface area contributed by atoms with E-state index in [-0.39, 0.29) is 12.0 Å². The number of ether oxygens (including phenoxy) is 1. The van der Waals surface area contributed by atoms with Gasteiger partial charge in [0.15, 0.2) is 0 Å². The number of benzene rings is 1. The molecular formula is C13H16Cl2N2O3. The van der Waals surface area contributed by atoms with Crippen molar-refractivity contribution in [2.45, 2.75) is 12.0 Å². The summed E-state index contributed by atoms with van der Waals surface area (Å²) in [6, 6.07) is 5.27. The second kappa shape index (κ2) is 6.63. The van der Waals surface area contributed by atoms with E-state index >= 15 is 0 Å². The van der Waals surface area contributed by atoms with Gasteiger partial charge in [-0.05, 0) is 17.7 Å². The summed E-state index contributed by atoms with van der Waals surface area (Å²) in [7, 11) is 0. The zero-order valence-corrected chi connectivity index (χ0v) is 12.3. The number of rotatable bonds is 2. The summed E-state index contributed by atoms with van der Waals surface area (Å²) < 4.78 is 5.66. The Morgan fingerprint density at radius 2 is 2.20 bits per heavy atom. The van der Waals surface area contributed by atoms with Crippen molar-refractivity contribution in [1.82, 2.24) is 4.90 Å². The lowest BCUT2D eigenvalue weighted by atomic mass is 9.93. The van der Waals surface area contributed by atoms with Gasteiger partial charge in [0.2, 0.25) is 0 Å². The number of carbonyl (C=O) groups is 1. The first-order valence-corrected chi connectivity index (χ1v) is 7.03. The lowest BCUT2D eigenvalue weighted by Gasteiger charge is -2.26. The number of hydrogen-bond donors (Lipinski definition) is 2. The highest BCUT2D eigenvalue weighted by molar-refractivity contribution is 6.42. The van der Waals surface area contributed by atoms with Crippen LogP contribution in [0, 0.1) is 0 Å². The Morgan fingerprint density at radius 1 is 1.45 bits per heavy atom. The first-order chi connectivity index (χ1) is 9.52. The van der Waals surface area contributed by atoms with Crippen LogP contribution in [-0.2, 0) is 4.74 Å². The quantitative estimate of drug-likeness (QED) is 0.878. The van der Waals surface area contributed by atoms with Gasteiger partial charge in [0.05, 0.1) is 22.8 Å². The molecule has 1 aliphatic heterocycles. The Bertz CT molecular complexity index is 499. The molecule has 1 aliphatic rings. The summed E-state index contributed by atoms with van der Waals surface area (Å²) in [4.78, 5) is 12.5. The molecule has 0 unspecified atom stereocenters. The minimum Gasteiger partial charge on any atom is -0.465 e. The van der Waals surface area contributed by atoms with Crippen LogP contribution in [-0.4, -0.2) is 48.4 Å². The topological polar surface area (TPSA) is 75.8 Å². The maximum atomic E-state index is 11.2. The van der Waals surface area contributed by atoms with E-state index in [2.05, 4.69) is 0 Å². The van der Waals surface area contributed by atoms with Gasteiger partial charge in [-0.25, -0.2) is 4.79 Å². The van der Waals surface area contributed by atoms with Crippen molar-refractivity contribution in [3.8, 4) is 0 Å². The Balaban J connectivity index is 2.31. The third-order valence-corrected chi connectivity index (χ3v) is 4.17. The maximum Gasteiger partial charge on any atom is 0.407 e. The number of carboxylic acid groups (broad SMARTS) is 1. The highest BCUT2D eigenvalue weighted by atomic mass is 35.5. The SMILES string of the molecule is NC[C@@H]1OCCN(C(=O)O)C[C@H]1c1ccc(Cl)c(Cl)c1. The monoisotopic (exact) mass is 318 g/mol. The smallest absolute Gasteiger partial charge is 0.407 e. The molecule has 1 aromatic rings. The molecule has 7 heteroatoms. The van der Waals surface area contributed by atoms with Crippen LogP contribution in [0.1, 0.15) is 11.5 Å². The van der Waals surface area contributed by atoms with Crippen molar-refractivity contribution < 1.29 is 14.6 Å². The van der Waals surface area contributed by atoms with Gasteiger partial charge in [0.25, 0.3) is 0 Å². The molecule has 0 aromatic heterocycles. The van der Waals surface area contributed by atoms with Gasteiger partial charge in [-0.3, -0.25) is 0 Å². The number of nitrogens with two attached hydrogens (primary N) is 1. The van der Waals surface area contributed by atoms with Crippen LogP contribution in [0.3, 0.4) is 0 Å². The minimum absolute atomic E-state index is 0.159. The van der Waals surface area contributed by atoms with E-state index in [9.17, 15) is 9.90 Å². The van der Waals surface area contributed by atoms with E-state index < -0.39 is 6.09 Å². The van der Waals surface area contributed by atoms with Gasteiger partial charge < -0.3 is 20.5 Å². The van der Waals surface area contributed by atoms with Gasteiger partial charge in [-0.1, -0.05) is 29.3 Å². The summed E-state index contributed by atoms with van der Waals surface area (Å²) in [5.74, 6) is -0.159. The average molecular weight is 319 g/mol. The lowest BCUT2D eigenvalue weighted by molar-refractivity contribution is 0.0572. The Hall–Kier alpha value is -1.01. The second-order valence-electron chi connectivity index (χ2n) is 4.65.